The number of nitrogens with one attached hydrogen (secondary N) is 1. The minimum atomic E-state index is -0.609. The summed E-state index contributed by atoms with van der Waals surface area (Å²) in [6.07, 6.45) is 0.165. The maximum atomic E-state index is 11.8. The van der Waals surface area contributed by atoms with E-state index in [2.05, 4.69) is 10.1 Å². The number of rotatable bonds is 4. The molecule has 1 aromatic rings. The zero-order valence-electron chi connectivity index (χ0n) is 12.2. The summed E-state index contributed by atoms with van der Waals surface area (Å²) in [7, 11) is 0. The van der Waals surface area contributed by atoms with Gasteiger partial charge in [0.25, 0.3) is 5.56 Å². The molecule has 2 rings (SSSR count). The minimum Gasteiger partial charge on any atom is -0.394 e. The standard InChI is InChI=1S/C13H19N3O5/c1-7(2)15-21-9-4-11(20-10(9)6-17)16-5-8(3)12(18)14-13(16)19/h5,9-11,17H,4,6H2,1-3H3,(H,14,18,19)/t9?,10-,11-/m1/s1. The van der Waals surface area contributed by atoms with Gasteiger partial charge in [-0.3, -0.25) is 14.3 Å². The molecule has 1 aromatic heterocycles. The largest absolute Gasteiger partial charge is 0.394 e. The van der Waals surface area contributed by atoms with Crippen LogP contribution in [0, 0.1) is 6.92 Å². The highest BCUT2D eigenvalue weighted by Gasteiger charge is 2.38. The summed E-state index contributed by atoms with van der Waals surface area (Å²) in [5, 5.41) is 13.2. The van der Waals surface area contributed by atoms with Crippen LogP contribution in [0.15, 0.2) is 20.9 Å². The zero-order valence-corrected chi connectivity index (χ0v) is 12.2. The zero-order chi connectivity index (χ0) is 15.6. The van der Waals surface area contributed by atoms with E-state index >= 15 is 0 Å². The van der Waals surface area contributed by atoms with Crippen molar-refractivity contribution in [2.24, 2.45) is 5.16 Å². The number of nitrogens with zero attached hydrogens (tertiary/aromatic N) is 2. The average Bonchev–Trinajstić information content (AvgIpc) is 2.83. The minimum absolute atomic E-state index is 0.240. The third-order valence-electron chi connectivity index (χ3n) is 3.19. The number of ether oxygens (including phenoxy) is 1. The van der Waals surface area contributed by atoms with Gasteiger partial charge in [-0.05, 0) is 20.8 Å². The van der Waals surface area contributed by atoms with Crippen molar-refractivity contribution in [3.05, 3.63) is 32.6 Å². The second-order valence-electron chi connectivity index (χ2n) is 5.21. The van der Waals surface area contributed by atoms with Crippen LogP contribution in [0.2, 0.25) is 0 Å². The van der Waals surface area contributed by atoms with Gasteiger partial charge < -0.3 is 14.7 Å². The molecule has 2 N–H and O–H groups in total. The number of oxime groups is 1. The predicted molar refractivity (Wildman–Crippen MR) is 75.3 cm³/mol. The molecule has 21 heavy (non-hydrogen) atoms. The molecular weight excluding hydrogens is 278 g/mol. The van der Waals surface area contributed by atoms with E-state index in [1.54, 1.807) is 20.8 Å². The Morgan fingerprint density at radius 3 is 2.90 bits per heavy atom. The Morgan fingerprint density at radius 1 is 1.57 bits per heavy atom. The van der Waals surface area contributed by atoms with Gasteiger partial charge in [0.2, 0.25) is 0 Å². The van der Waals surface area contributed by atoms with E-state index in [-0.39, 0.29) is 6.61 Å². The number of hydrogen-bond donors (Lipinski definition) is 2. The molecule has 8 heteroatoms. The van der Waals surface area contributed by atoms with Crippen molar-refractivity contribution in [2.75, 3.05) is 6.61 Å². The first kappa shape index (κ1) is 15.5. The van der Waals surface area contributed by atoms with Gasteiger partial charge in [-0.2, -0.15) is 0 Å². The van der Waals surface area contributed by atoms with Crippen LogP contribution < -0.4 is 11.2 Å². The van der Waals surface area contributed by atoms with Crippen molar-refractivity contribution in [1.82, 2.24) is 9.55 Å². The molecule has 1 fully saturated rings. The van der Waals surface area contributed by atoms with Gasteiger partial charge in [-0.15, -0.1) is 0 Å². The number of aromatic amines is 1. The van der Waals surface area contributed by atoms with Gasteiger partial charge in [0.05, 0.1) is 12.3 Å². The molecule has 0 spiro atoms. The topological polar surface area (TPSA) is 106 Å². The highest BCUT2D eigenvalue weighted by atomic mass is 16.7. The lowest BCUT2D eigenvalue weighted by atomic mass is 10.2. The highest BCUT2D eigenvalue weighted by Crippen LogP contribution is 2.29. The van der Waals surface area contributed by atoms with E-state index in [0.29, 0.717) is 12.0 Å². The second kappa shape index (κ2) is 6.23. The molecule has 0 radical (unpaired) electrons. The lowest BCUT2D eigenvalue weighted by Crippen LogP contribution is -2.33. The molecule has 0 saturated carbocycles. The first-order valence-electron chi connectivity index (χ1n) is 6.67. The van der Waals surface area contributed by atoms with Crippen LogP contribution in [-0.2, 0) is 9.57 Å². The average molecular weight is 297 g/mol. The monoisotopic (exact) mass is 297 g/mol. The number of aromatic nitrogens is 2. The summed E-state index contributed by atoms with van der Waals surface area (Å²) in [6.45, 7) is 4.94. The normalized spacial score (nSPS) is 24.9. The first-order valence-corrected chi connectivity index (χ1v) is 6.67. The molecule has 1 saturated heterocycles. The molecule has 0 aromatic carbocycles. The van der Waals surface area contributed by atoms with Gasteiger partial charge in [0.15, 0.2) is 6.10 Å². The molecule has 116 valence electrons. The van der Waals surface area contributed by atoms with Gasteiger partial charge >= 0.3 is 5.69 Å². The first-order chi connectivity index (χ1) is 9.92. The van der Waals surface area contributed by atoms with Crippen LogP contribution in [0.1, 0.15) is 32.1 Å². The van der Waals surface area contributed by atoms with Gasteiger partial charge in [-0.25, -0.2) is 4.79 Å². The van der Waals surface area contributed by atoms with Crippen LogP contribution in [0.3, 0.4) is 0 Å². The lowest BCUT2D eigenvalue weighted by molar-refractivity contribution is -0.0616. The molecule has 0 amide bonds. The van der Waals surface area contributed by atoms with Crippen molar-refractivity contribution in [2.45, 2.75) is 45.6 Å². The summed E-state index contributed by atoms with van der Waals surface area (Å²) in [5.41, 5.74) is 0.174. The van der Waals surface area contributed by atoms with Crippen molar-refractivity contribution in [3.63, 3.8) is 0 Å². The Labute approximate surface area is 121 Å². The van der Waals surface area contributed by atoms with Crippen LogP contribution in [-0.4, -0.2) is 39.2 Å². The Kier molecular flexibility index (Phi) is 4.59. The number of aliphatic hydroxyl groups excluding tert-OH is 1. The van der Waals surface area contributed by atoms with Crippen molar-refractivity contribution >= 4 is 5.71 Å². The van der Waals surface area contributed by atoms with Gasteiger partial charge in [0, 0.05) is 18.2 Å². The number of aliphatic hydroxyl groups is 1. The number of aryl methyl sites for hydroxylation is 1. The van der Waals surface area contributed by atoms with E-state index < -0.39 is 29.7 Å². The Bertz CT molecular complexity index is 644. The molecule has 1 aliphatic rings. The highest BCUT2D eigenvalue weighted by molar-refractivity contribution is 5.78. The van der Waals surface area contributed by atoms with Crippen molar-refractivity contribution < 1.29 is 14.7 Å². The third-order valence-corrected chi connectivity index (χ3v) is 3.19. The summed E-state index contributed by atoms with van der Waals surface area (Å²) < 4.78 is 6.91. The summed E-state index contributed by atoms with van der Waals surface area (Å²) in [4.78, 5) is 30.8. The van der Waals surface area contributed by atoms with Crippen LogP contribution in [0.4, 0.5) is 0 Å². The van der Waals surface area contributed by atoms with Crippen molar-refractivity contribution in [3.8, 4) is 0 Å². The molecule has 0 bridgehead atoms. The van der Waals surface area contributed by atoms with Crippen LogP contribution in [0.25, 0.3) is 0 Å². The van der Waals surface area contributed by atoms with Gasteiger partial charge in [0.1, 0.15) is 12.3 Å². The summed E-state index contributed by atoms with van der Waals surface area (Å²) in [5.74, 6) is 0. The van der Waals surface area contributed by atoms with Crippen LogP contribution in [0.5, 0.6) is 0 Å². The fourth-order valence-corrected chi connectivity index (χ4v) is 2.12. The predicted octanol–water partition coefficient (Wildman–Crippen LogP) is -0.0942. The quantitative estimate of drug-likeness (QED) is 0.596. The SMILES string of the molecule is CC(C)=NOC1C[C@H](n2cc(C)c(=O)[nH]c2=O)O[C@@H]1CO. The Balaban J connectivity index is 2.23. The molecule has 3 atom stereocenters. The maximum Gasteiger partial charge on any atom is 0.330 e. The maximum absolute atomic E-state index is 11.8. The Hall–Kier alpha value is -1.93. The Morgan fingerprint density at radius 2 is 2.29 bits per heavy atom. The molecule has 0 aliphatic carbocycles. The summed E-state index contributed by atoms with van der Waals surface area (Å²) >= 11 is 0. The van der Waals surface area contributed by atoms with Crippen molar-refractivity contribution in [1.29, 1.82) is 0 Å². The van der Waals surface area contributed by atoms with E-state index in [4.69, 9.17) is 9.57 Å². The van der Waals surface area contributed by atoms with Gasteiger partial charge in [-0.1, -0.05) is 5.16 Å². The third kappa shape index (κ3) is 3.40. The van der Waals surface area contributed by atoms with Crippen LogP contribution >= 0.6 is 0 Å². The van der Waals surface area contributed by atoms with E-state index in [1.165, 1.54) is 10.8 Å². The number of hydrogen-bond acceptors (Lipinski definition) is 6. The molecule has 1 unspecified atom stereocenters. The molecular formula is C13H19N3O5. The van der Waals surface area contributed by atoms with E-state index in [1.807, 2.05) is 0 Å². The second-order valence-corrected chi connectivity index (χ2v) is 5.21. The summed E-state index contributed by atoms with van der Waals surface area (Å²) in [6, 6.07) is 0. The molecule has 2 heterocycles. The fraction of sp³-hybridized carbons (Fsp3) is 0.615. The number of H-pyrrole nitrogens is 1. The molecule has 8 nitrogen and oxygen atoms in total. The van der Waals surface area contributed by atoms with E-state index in [9.17, 15) is 14.7 Å². The smallest absolute Gasteiger partial charge is 0.330 e. The van der Waals surface area contributed by atoms with E-state index in [0.717, 1.165) is 5.71 Å². The molecule has 1 aliphatic heterocycles. The lowest BCUT2D eigenvalue weighted by Gasteiger charge is -2.14. The fourth-order valence-electron chi connectivity index (χ4n) is 2.12.